The number of nitrogens with zero attached hydrogens (tertiary/aromatic N) is 4. The third-order valence-electron chi connectivity index (χ3n) is 3.95. The van der Waals surface area contributed by atoms with Gasteiger partial charge < -0.3 is 10.6 Å². The number of benzene rings is 2. The molecule has 0 spiro atoms. The van der Waals surface area contributed by atoms with Crippen LogP contribution in [0.25, 0.3) is 5.69 Å². The Kier molecular flexibility index (Phi) is 6.22. The molecule has 6 nitrogen and oxygen atoms in total. The second-order valence-corrected chi connectivity index (χ2v) is 6.11. The van der Waals surface area contributed by atoms with Gasteiger partial charge in [-0.05, 0) is 35.7 Å². The van der Waals surface area contributed by atoms with Gasteiger partial charge in [-0.1, -0.05) is 41.9 Å². The van der Waals surface area contributed by atoms with Crippen molar-refractivity contribution < 1.29 is 0 Å². The molecule has 0 bridgehead atoms. The first-order valence-corrected chi connectivity index (χ1v) is 8.76. The molecule has 26 heavy (non-hydrogen) atoms. The second-order valence-electron chi connectivity index (χ2n) is 5.70. The van der Waals surface area contributed by atoms with Crippen molar-refractivity contribution in [2.45, 2.75) is 13.0 Å². The first-order chi connectivity index (χ1) is 12.8. The molecule has 0 unspecified atom stereocenters. The maximum absolute atomic E-state index is 6.18. The Hall–Kier alpha value is -2.86. The van der Waals surface area contributed by atoms with Gasteiger partial charge in [0.05, 0.1) is 5.69 Å². The molecule has 3 aromatic rings. The zero-order valence-corrected chi connectivity index (χ0v) is 15.3. The van der Waals surface area contributed by atoms with E-state index in [2.05, 4.69) is 37.8 Å². The van der Waals surface area contributed by atoms with Crippen molar-refractivity contribution in [3.63, 3.8) is 0 Å². The van der Waals surface area contributed by atoms with Crippen molar-refractivity contribution in [1.82, 2.24) is 25.4 Å². The van der Waals surface area contributed by atoms with Crippen molar-refractivity contribution in [2.24, 2.45) is 4.99 Å². The summed E-state index contributed by atoms with van der Waals surface area (Å²) in [6.45, 7) is 1.44. The molecule has 0 aliphatic rings. The van der Waals surface area contributed by atoms with E-state index in [9.17, 15) is 0 Å². The molecule has 0 aliphatic carbocycles. The average molecular weight is 369 g/mol. The number of aromatic nitrogens is 3. The highest BCUT2D eigenvalue weighted by Gasteiger charge is 2.02. The van der Waals surface area contributed by atoms with E-state index in [1.165, 1.54) is 6.33 Å². The van der Waals surface area contributed by atoms with Crippen molar-refractivity contribution in [3.05, 3.63) is 77.3 Å². The molecule has 0 fully saturated rings. The van der Waals surface area contributed by atoms with Gasteiger partial charge in [0.25, 0.3) is 0 Å². The fourth-order valence-corrected chi connectivity index (χ4v) is 2.76. The van der Waals surface area contributed by atoms with Crippen molar-refractivity contribution in [1.29, 1.82) is 0 Å². The van der Waals surface area contributed by atoms with E-state index in [-0.39, 0.29) is 0 Å². The number of guanidine groups is 1. The second kappa shape index (κ2) is 9.01. The van der Waals surface area contributed by atoms with Gasteiger partial charge in [0.15, 0.2) is 5.96 Å². The van der Waals surface area contributed by atoms with E-state index in [4.69, 9.17) is 11.6 Å². The largest absolute Gasteiger partial charge is 0.356 e. The molecule has 0 saturated carbocycles. The Morgan fingerprint density at radius 1 is 1.12 bits per heavy atom. The van der Waals surface area contributed by atoms with Gasteiger partial charge in [0, 0.05) is 25.2 Å². The number of hydrogen-bond donors (Lipinski definition) is 2. The Bertz CT molecular complexity index is 843. The summed E-state index contributed by atoms with van der Waals surface area (Å²) in [6, 6.07) is 16.0. The van der Waals surface area contributed by atoms with E-state index in [1.807, 2.05) is 36.4 Å². The van der Waals surface area contributed by atoms with Gasteiger partial charge in [-0.25, -0.2) is 9.67 Å². The topological polar surface area (TPSA) is 67.1 Å². The predicted molar refractivity (Wildman–Crippen MR) is 105 cm³/mol. The van der Waals surface area contributed by atoms with Crippen molar-refractivity contribution in [2.75, 3.05) is 13.6 Å². The molecular weight excluding hydrogens is 348 g/mol. The van der Waals surface area contributed by atoms with Crippen LogP contribution in [0.2, 0.25) is 5.02 Å². The Balaban J connectivity index is 1.47. The third-order valence-corrected chi connectivity index (χ3v) is 4.32. The zero-order valence-electron chi connectivity index (χ0n) is 14.6. The Labute approximate surface area is 157 Å². The summed E-state index contributed by atoms with van der Waals surface area (Å²) in [5.41, 5.74) is 3.26. The quantitative estimate of drug-likeness (QED) is 0.518. The summed E-state index contributed by atoms with van der Waals surface area (Å²) < 4.78 is 1.73. The normalized spacial score (nSPS) is 11.4. The van der Waals surface area contributed by atoms with Gasteiger partial charge in [-0.15, -0.1) is 0 Å². The SMILES string of the molecule is CN=C(NCCc1ccccc1Cl)NCc1ccc(-n2cncn2)cc1. The number of rotatable bonds is 6. The molecule has 0 aliphatic heterocycles. The maximum Gasteiger partial charge on any atom is 0.191 e. The van der Waals surface area contributed by atoms with Gasteiger partial charge >= 0.3 is 0 Å². The number of nitrogens with one attached hydrogen (secondary N) is 2. The standard InChI is InChI=1S/C19H21ClN6/c1-21-19(23-11-10-16-4-2-3-5-18(16)20)24-12-15-6-8-17(9-7-15)26-14-22-13-25-26/h2-9,13-14H,10-12H2,1H3,(H2,21,23,24). The van der Waals surface area contributed by atoms with Crippen LogP contribution < -0.4 is 10.6 Å². The summed E-state index contributed by atoms with van der Waals surface area (Å²) in [5.74, 6) is 0.761. The van der Waals surface area contributed by atoms with E-state index in [0.717, 1.165) is 40.8 Å². The monoisotopic (exact) mass is 368 g/mol. The van der Waals surface area contributed by atoms with Crippen LogP contribution in [0.1, 0.15) is 11.1 Å². The van der Waals surface area contributed by atoms with Crippen LogP contribution in [-0.2, 0) is 13.0 Å². The molecule has 2 aromatic carbocycles. The van der Waals surface area contributed by atoms with E-state index < -0.39 is 0 Å². The molecule has 1 heterocycles. The lowest BCUT2D eigenvalue weighted by molar-refractivity contribution is 0.794. The Morgan fingerprint density at radius 2 is 1.92 bits per heavy atom. The zero-order chi connectivity index (χ0) is 18.2. The molecule has 134 valence electrons. The molecule has 0 radical (unpaired) electrons. The highest BCUT2D eigenvalue weighted by atomic mass is 35.5. The van der Waals surface area contributed by atoms with Crippen LogP contribution in [0.15, 0.2) is 66.2 Å². The summed E-state index contributed by atoms with van der Waals surface area (Å²) in [5, 5.41) is 11.5. The van der Waals surface area contributed by atoms with E-state index >= 15 is 0 Å². The molecule has 2 N–H and O–H groups in total. The van der Waals surface area contributed by atoms with Crippen LogP contribution in [0.3, 0.4) is 0 Å². The predicted octanol–water partition coefficient (Wildman–Crippen LogP) is 2.83. The third kappa shape index (κ3) is 4.83. The summed E-state index contributed by atoms with van der Waals surface area (Å²) in [7, 11) is 1.76. The van der Waals surface area contributed by atoms with Crippen LogP contribution in [0.4, 0.5) is 0 Å². The highest BCUT2D eigenvalue weighted by Crippen LogP contribution is 2.14. The van der Waals surface area contributed by atoms with E-state index in [1.54, 1.807) is 18.1 Å². The summed E-state index contributed by atoms with van der Waals surface area (Å²) in [6.07, 6.45) is 4.04. The molecule has 0 saturated heterocycles. The van der Waals surface area contributed by atoms with Crippen LogP contribution in [0.5, 0.6) is 0 Å². The smallest absolute Gasteiger partial charge is 0.191 e. The maximum atomic E-state index is 6.18. The average Bonchev–Trinajstić information content (AvgIpc) is 3.21. The Morgan fingerprint density at radius 3 is 2.62 bits per heavy atom. The fraction of sp³-hybridized carbons (Fsp3) is 0.211. The number of halogens is 1. The van der Waals surface area contributed by atoms with Crippen LogP contribution >= 0.6 is 11.6 Å². The lowest BCUT2D eigenvalue weighted by Gasteiger charge is -2.12. The minimum Gasteiger partial charge on any atom is -0.356 e. The first-order valence-electron chi connectivity index (χ1n) is 8.38. The summed E-state index contributed by atoms with van der Waals surface area (Å²) in [4.78, 5) is 8.21. The van der Waals surface area contributed by atoms with Crippen molar-refractivity contribution in [3.8, 4) is 5.69 Å². The van der Waals surface area contributed by atoms with Crippen molar-refractivity contribution >= 4 is 17.6 Å². The summed E-state index contributed by atoms with van der Waals surface area (Å²) >= 11 is 6.18. The minimum atomic E-state index is 0.684. The van der Waals surface area contributed by atoms with Crippen LogP contribution in [0, 0.1) is 0 Å². The fourth-order valence-electron chi connectivity index (χ4n) is 2.53. The lowest BCUT2D eigenvalue weighted by atomic mass is 10.1. The lowest BCUT2D eigenvalue weighted by Crippen LogP contribution is -2.37. The van der Waals surface area contributed by atoms with Gasteiger partial charge in [-0.2, -0.15) is 5.10 Å². The van der Waals surface area contributed by atoms with Gasteiger partial charge in [0.2, 0.25) is 0 Å². The first kappa shape index (κ1) is 17.9. The molecule has 7 heteroatoms. The number of aliphatic imine (C=N–C) groups is 1. The van der Waals surface area contributed by atoms with Gasteiger partial charge in [0.1, 0.15) is 12.7 Å². The molecule has 0 amide bonds. The van der Waals surface area contributed by atoms with E-state index in [0.29, 0.717) is 6.54 Å². The molecule has 1 aromatic heterocycles. The number of hydrogen-bond acceptors (Lipinski definition) is 3. The molecule has 0 atom stereocenters. The molecule has 3 rings (SSSR count). The molecular formula is C19H21ClN6. The van der Waals surface area contributed by atoms with Gasteiger partial charge in [-0.3, -0.25) is 4.99 Å². The highest BCUT2D eigenvalue weighted by molar-refractivity contribution is 6.31. The van der Waals surface area contributed by atoms with Crippen LogP contribution in [-0.4, -0.2) is 34.3 Å². The minimum absolute atomic E-state index is 0.684.